The maximum absolute atomic E-state index is 12.9. The first-order valence-corrected chi connectivity index (χ1v) is 11.5. The molecule has 2 aromatic carbocycles. The topological polar surface area (TPSA) is 78.4 Å². The lowest BCUT2D eigenvalue weighted by Crippen LogP contribution is -2.47. The number of hydrogen-bond donors (Lipinski definition) is 2. The number of amides is 1. The number of aromatic nitrogens is 2. The largest absolute Gasteiger partial charge is 0.390 e. The summed E-state index contributed by atoms with van der Waals surface area (Å²) in [6.07, 6.45) is 5.42. The minimum atomic E-state index is -0.636. The van der Waals surface area contributed by atoms with E-state index in [1.165, 1.54) is 11.9 Å². The first kappa shape index (κ1) is 21.6. The third kappa shape index (κ3) is 5.17. The molecule has 7 heteroatoms. The molecule has 162 valence electrons. The Morgan fingerprint density at radius 1 is 1.19 bits per heavy atom. The van der Waals surface area contributed by atoms with Crippen molar-refractivity contribution in [2.75, 3.05) is 17.8 Å². The average molecular weight is 437 g/mol. The van der Waals surface area contributed by atoms with Crippen LogP contribution in [0, 0.1) is 5.92 Å². The van der Waals surface area contributed by atoms with Gasteiger partial charge in [0.05, 0.1) is 16.0 Å². The van der Waals surface area contributed by atoms with Crippen molar-refractivity contribution in [1.82, 2.24) is 14.9 Å². The molecule has 1 aliphatic heterocycles. The molecule has 2 heterocycles. The summed E-state index contributed by atoms with van der Waals surface area (Å²) in [5.74, 6) is 0.475. The molecule has 3 aromatic rings. The van der Waals surface area contributed by atoms with Crippen molar-refractivity contribution in [2.24, 2.45) is 5.92 Å². The number of likely N-dealkylation sites (tertiary alicyclic amines) is 1. The van der Waals surface area contributed by atoms with E-state index in [0.29, 0.717) is 37.4 Å². The molecule has 0 unspecified atom stereocenters. The molecule has 1 saturated heterocycles. The van der Waals surface area contributed by atoms with Crippen LogP contribution in [0.4, 0.5) is 5.69 Å². The van der Waals surface area contributed by atoms with E-state index in [2.05, 4.69) is 28.5 Å². The number of carbonyl (C=O) groups excluding carboxylic acids is 1. The summed E-state index contributed by atoms with van der Waals surface area (Å²) >= 11 is 1.49. The zero-order valence-electron chi connectivity index (χ0n) is 17.9. The molecule has 6 nitrogen and oxygen atoms in total. The Bertz CT molecular complexity index is 1040. The predicted octanol–water partition coefficient (Wildman–Crippen LogP) is 4.76. The van der Waals surface area contributed by atoms with Crippen molar-refractivity contribution >= 4 is 34.4 Å². The standard InChI is InChI=1S/C24H28N4O2S/c1-17(2)14-24(30)10-12-28(13-11-24)23(29)18-6-8-20(9-7-18)27-31-21-5-3-4-19-15-25-16-26-22(19)21/h3-9,15-17,27,30H,10-14H2,1-2H3. The number of aliphatic hydroxyl groups is 1. The zero-order chi connectivity index (χ0) is 21.8. The molecule has 1 aromatic heterocycles. The van der Waals surface area contributed by atoms with Gasteiger partial charge in [-0.15, -0.1) is 0 Å². The van der Waals surface area contributed by atoms with E-state index in [9.17, 15) is 9.90 Å². The molecule has 0 spiro atoms. The Morgan fingerprint density at radius 3 is 2.65 bits per heavy atom. The van der Waals surface area contributed by atoms with Crippen LogP contribution in [0.15, 0.2) is 59.9 Å². The fourth-order valence-electron chi connectivity index (χ4n) is 4.14. The molecule has 1 amide bonds. The number of nitrogens with one attached hydrogen (secondary N) is 1. The van der Waals surface area contributed by atoms with Crippen LogP contribution in [0.25, 0.3) is 10.9 Å². The highest BCUT2D eigenvalue weighted by Gasteiger charge is 2.34. The van der Waals surface area contributed by atoms with Gasteiger partial charge >= 0.3 is 0 Å². The van der Waals surface area contributed by atoms with Crippen LogP contribution in [0.3, 0.4) is 0 Å². The molecule has 0 bridgehead atoms. The average Bonchev–Trinajstić information content (AvgIpc) is 2.77. The number of rotatable bonds is 6. The smallest absolute Gasteiger partial charge is 0.253 e. The summed E-state index contributed by atoms with van der Waals surface area (Å²) in [7, 11) is 0. The first-order valence-electron chi connectivity index (χ1n) is 10.7. The Kier molecular flexibility index (Phi) is 6.43. The van der Waals surface area contributed by atoms with E-state index in [0.717, 1.165) is 27.9 Å². The van der Waals surface area contributed by atoms with Crippen LogP contribution < -0.4 is 4.72 Å². The Hall–Kier alpha value is -2.64. The molecule has 2 N–H and O–H groups in total. The number of nitrogens with zero attached hydrogens (tertiary/aromatic N) is 3. The Labute approximate surface area is 187 Å². The maximum Gasteiger partial charge on any atom is 0.253 e. The van der Waals surface area contributed by atoms with Crippen molar-refractivity contribution in [3.05, 3.63) is 60.6 Å². The predicted molar refractivity (Wildman–Crippen MR) is 125 cm³/mol. The normalized spacial score (nSPS) is 15.9. The number of carbonyl (C=O) groups is 1. The molecule has 1 aliphatic rings. The SMILES string of the molecule is CC(C)CC1(O)CCN(C(=O)c2ccc(NSc3cccc4cncnc34)cc2)CC1. The van der Waals surface area contributed by atoms with Gasteiger partial charge in [0, 0.05) is 35.9 Å². The summed E-state index contributed by atoms with van der Waals surface area (Å²) in [4.78, 5) is 24.2. The molecule has 0 radical (unpaired) electrons. The lowest BCUT2D eigenvalue weighted by molar-refractivity contribution is -0.0311. The molecular formula is C24H28N4O2S. The highest BCUT2D eigenvalue weighted by molar-refractivity contribution is 8.00. The molecule has 0 atom stereocenters. The van der Waals surface area contributed by atoms with Crippen LogP contribution >= 0.6 is 11.9 Å². The van der Waals surface area contributed by atoms with E-state index in [4.69, 9.17) is 0 Å². The van der Waals surface area contributed by atoms with Gasteiger partial charge in [-0.05, 0) is 67.5 Å². The fraction of sp³-hybridized carbons (Fsp3) is 0.375. The van der Waals surface area contributed by atoms with Crippen LogP contribution in [0.2, 0.25) is 0 Å². The Balaban J connectivity index is 1.35. The van der Waals surface area contributed by atoms with E-state index in [1.807, 2.05) is 47.4 Å². The molecule has 4 rings (SSSR count). The van der Waals surface area contributed by atoms with Crippen molar-refractivity contribution < 1.29 is 9.90 Å². The first-order chi connectivity index (χ1) is 14.9. The zero-order valence-corrected chi connectivity index (χ0v) is 18.7. The number of fused-ring (bicyclic) bond motifs is 1. The fourth-order valence-corrected chi connectivity index (χ4v) is 4.91. The van der Waals surface area contributed by atoms with E-state index >= 15 is 0 Å². The minimum Gasteiger partial charge on any atom is -0.390 e. The van der Waals surface area contributed by atoms with Gasteiger partial charge in [0.2, 0.25) is 0 Å². The van der Waals surface area contributed by atoms with Gasteiger partial charge < -0.3 is 14.7 Å². The quantitative estimate of drug-likeness (QED) is 0.543. The van der Waals surface area contributed by atoms with E-state index in [1.54, 1.807) is 12.5 Å². The highest BCUT2D eigenvalue weighted by Crippen LogP contribution is 2.30. The molecule has 0 saturated carbocycles. The molecule has 0 aliphatic carbocycles. The number of anilines is 1. The number of hydrogen-bond acceptors (Lipinski definition) is 6. The molecular weight excluding hydrogens is 408 g/mol. The van der Waals surface area contributed by atoms with Crippen LogP contribution in [0.5, 0.6) is 0 Å². The second kappa shape index (κ2) is 9.24. The van der Waals surface area contributed by atoms with Gasteiger partial charge in [-0.3, -0.25) is 4.79 Å². The number of para-hydroxylation sites is 1. The van der Waals surface area contributed by atoms with E-state index in [-0.39, 0.29) is 5.91 Å². The van der Waals surface area contributed by atoms with Gasteiger partial charge in [0.25, 0.3) is 5.91 Å². The molecule has 1 fully saturated rings. The highest BCUT2D eigenvalue weighted by atomic mass is 32.2. The Morgan fingerprint density at radius 2 is 1.94 bits per heavy atom. The summed E-state index contributed by atoms with van der Waals surface area (Å²) in [5.41, 5.74) is 1.85. The summed E-state index contributed by atoms with van der Waals surface area (Å²) in [6, 6.07) is 13.5. The van der Waals surface area contributed by atoms with Crippen LogP contribution in [-0.2, 0) is 0 Å². The van der Waals surface area contributed by atoms with Crippen LogP contribution in [-0.4, -0.2) is 44.6 Å². The summed E-state index contributed by atoms with van der Waals surface area (Å²) in [6.45, 7) is 5.44. The van der Waals surface area contributed by atoms with E-state index < -0.39 is 5.60 Å². The maximum atomic E-state index is 12.9. The lowest BCUT2D eigenvalue weighted by Gasteiger charge is -2.39. The lowest BCUT2D eigenvalue weighted by atomic mass is 9.84. The van der Waals surface area contributed by atoms with Crippen molar-refractivity contribution in [3.8, 4) is 0 Å². The third-order valence-corrected chi connectivity index (χ3v) is 6.56. The minimum absolute atomic E-state index is 0.0246. The monoisotopic (exact) mass is 436 g/mol. The van der Waals surface area contributed by atoms with Gasteiger partial charge in [0.15, 0.2) is 0 Å². The van der Waals surface area contributed by atoms with Crippen LogP contribution in [0.1, 0.15) is 43.5 Å². The number of benzene rings is 2. The van der Waals surface area contributed by atoms with Crippen molar-refractivity contribution in [3.63, 3.8) is 0 Å². The number of piperidine rings is 1. The van der Waals surface area contributed by atoms with Gasteiger partial charge in [-0.2, -0.15) is 0 Å². The summed E-state index contributed by atoms with van der Waals surface area (Å²) in [5, 5.41) is 11.7. The van der Waals surface area contributed by atoms with Crippen molar-refractivity contribution in [2.45, 2.75) is 43.6 Å². The summed E-state index contributed by atoms with van der Waals surface area (Å²) < 4.78 is 3.33. The second-order valence-corrected chi connectivity index (χ2v) is 9.46. The van der Waals surface area contributed by atoms with Gasteiger partial charge in [-0.1, -0.05) is 26.0 Å². The van der Waals surface area contributed by atoms with Gasteiger partial charge in [-0.25, -0.2) is 9.97 Å². The van der Waals surface area contributed by atoms with Gasteiger partial charge in [0.1, 0.15) is 6.33 Å². The third-order valence-electron chi connectivity index (χ3n) is 5.68. The van der Waals surface area contributed by atoms with Crippen molar-refractivity contribution in [1.29, 1.82) is 0 Å². The molecule has 31 heavy (non-hydrogen) atoms. The second-order valence-electron chi connectivity index (χ2n) is 8.61.